The average Bonchev–Trinajstić information content (AvgIpc) is 2.90. The summed E-state index contributed by atoms with van der Waals surface area (Å²) < 4.78 is 86.0. The Kier molecular flexibility index (Phi) is 8.34. The summed E-state index contributed by atoms with van der Waals surface area (Å²) in [5, 5.41) is 9.57. The van der Waals surface area contributed by atoms with Crippen molar-refractivity contribution in [3.63, 3.8) is 0 Å². The molecule has 10 nitrogen and oxygen atoms in total. The lowest BCUT2D eigenvalue weighted by atomic mass is 10.1. The molecule has 2 aromatic carbocycles. The van der Waals surface area contributed by atoms with Gasteiger partial charge in [-0.05, 0) is 42.8 Å². The number of hydrogen-bond donors (Lipinski definition) is 0. The lowest BCUT2D eigenvalue weighted by molar-refractivity contribution is -0.144. The van der Waals surface area contributed by atoms with Crippen molar-refractivity contribution in [1.29, 1.82) is 5.26 Å². The van der Waals surface area contributed by atoms with Crippen LogP contribution in [0.15, 0.2) is 58.1 Å². The fraction of sp³-hybridized carbons (Fsp3) is 0.200. The minimum Gasteiger partial charge on any atom is -0.497 e. The Hall–Kier alpha value is -4.71. The number of ether oxygens (including phenoxy) is 1. The van der Waals surface area contributed by atoms with E-state index in [1.54, 1.807) is 30.3 Å². The predicted octanol–water partition coefficient (Wildman–Crippen LogP) is 2.97. The maximum absolute atomic E-state index is 15.0. The number of alkyl halides is 3. The number of nitrogens with zero attached hydrogens (tertiary/aromatic N) is 4. The van der Waals surface area contributed by atoms with Crippen LogP contribution >= 0.6 is 0 Å². The maximum atomic E-state index is 15.0. The summed E-state index contributed by atoms with van der Waals surface area (Å²) in [6.07, 6.45) is -2.97. The third-order valence-corrected chi connectivity index (χ3v) is 7.30. The van der Waals surface area contributed by atoms with Gasteiger partial charge in [-0.15, -0.1) is 0 Å². The third kappa shape index (κ3) is 5.81. The summed E-state index contributed by atoms with van der Waals surface area (Å²) in [5.41, 5.74) is -6.70. The molecule has 0 radical (unpaired) electrons. The van der Waals surface area contributed by atoms with Crippen molar-refractivity contribution in [2.24, 2.45) is 7.05 Å². The lowest BCUT2D eigenvalue weighted by Crippen LogP contribution is -2.41. The Balaban J connectivity index is 2.26. The number of carbonyl (C=O) groups excluding carboxylic acids is 1. The van der Waals surface area contributed by atoms with Crippen molar-refractivity contribution < 1.29 is 35.5 Å². The van der Waals surface area contributed by atoms with Crippen molar-refractivity contribution in [2.45, 2.75) is 13.1 Å². The van der Waals surface area contributed by atoms with Gasteiger partial charge in [0.2, 0.25) is 10.0 Å². The van der Waals surface area contributed by atoms with Gasteiger partial charge in [0, 0.05) is 19.2 Å². The molecule has 1 aromatic heterocycles. The molecular formula is C25H20F4N4O6S. The molecule has 0 aliphatic carbocycles. The molecule has 0 aliphatic heterocycles. The number of aromatic nitrogens is 2. The van der Waals surface area contributed by atoms with Gasteiger partial charge in [-0.3, -0.25) is 14.2 Å². The highest BCUT2D eigenvalue weighted by Gasteiger charge is 2.36. The first-order chi connectivity index (χ1) is 18.7. The number of hydrogen-bond acceptors (Lipinski definition) is 7. The second-order valence-corrected chi connectivity index (χ2v) is 10.2. The number of halogens is 4. The van der Waals surface area contributed by atoms with E-state index in [2.05, 4.69) is 0 Å². The van der Waals surface area contributed by atoms with Crippen LogP contribution in [0.5, 0.6) is 5.75 Å². The average molecular weight is 581 g/mol. The normalized spacial score (nSPS) is 11.8. The van der Waals surface area contributed by atoms with Crippen molar-refractivity contribution in [3.05, 3.63) is 92.0 Å². The summed E-state index contributed by atoms with van der Waals surface area (Å²) in [6, 6.07) is 8.91. The molecule has 1 heterocycles. The van der Waals surface area contributed by atoms with Gasteiger partial charge in [0.15, 0.2) is 0 Å². The van der Waals surface area contributed by atoms with Gasteiger partial charge in [-0.1, -0.05) is 12.1 Å². The molecule has 0 bridgehead atoms. The molecule has 0 fully saturated rings. The van der Waals surface area contributed by atoms with E-state index in [-0.39, 0.29) is 19.5 Å². The molecule has 3 aromatic rings. The predicted molar refractivity (Wildman–Crippen MR) is 136 cm³/mol. The van der Waals surface area contributed by atoms with Crippen LogP contribution < -0.4 is 20.3 Å². The smallest absolute Gasteiger partial charge is 0.431 e. The van der Waals surface area contributed by atoms with E-state index in [0.717, 1.165) is 6.08 Å². The van der Waals surface area contributed by atoms with Crippen LogP contribution in [0.2, 0.25) is 0 Å². The van der Waals surface area contributed by atoms with Gasteiger partial charge in [-0.25, -0.2) is 26.5 Å². The lowest BCUT2D eigenvalue weighted by Gasteiger charge is -2.23. The van der Waals surface area contributed by atoms with Crippen molar-refractivity contribution >= 4 is 27.7 Å². The third-order valence-electron chi connectivity index (χ3n) is 5.63. The minimum absolute atomic E-state index is 0.0314. The van der Waals surface area contributed by atoms with E-state index in [0.29, 0.717) is 30.5 Å². The summed E-state index contributed by atoms with van der Waals surface area (Å²) >= 11 is 0. The largest absolute Gasteiger partial charge is 0.497 e. The Labute approximate surface area is 224 Å². The molecule has 1 amide bonds. The Morgan fingerprint density at radius 3 is 2.30 bits per heavy atom. The molecule has 0 saturated heterocycles. The monoisotopic (exact) mass is 580 g/mol. The van der Waals surface area contributed by atoms with Crippen molar-refractivity contribution in [3.8, 4) is 17.5 Å². The molecule has 3 rings (SSSR count). The quantitative estimate of drug-likeness (QED) is 0.310. The van der Waals surface area contributed by atoms with Crippen LogP contribution in [0.1, 0.15) is 23.7 Å². The number of nitriles is 1. The SMILES string of the molecule is CCS(=O)(=O)N(C(=O)/C=C/c1ccc(OC)cc1)c1cc(-n2c(=O)cc(C(F)(F)F)n(C)c2=O)c(F)cc1C#N. The van der Waals surface area contributed by atoms with Gasteiger partial charge in [0.25, 0.3) is 11.5 Å². The van der Waals surface area contributed by atoms with Crippen LogP contribution in [0, 0.1) is 17.1 Å². The fourth-order valence-electron chi connectivity index (χ4n) is 3.58. The van der Waals surface area contributed by atoms with E-state index in [9.17, 15) is 41.2 Å². The zero-order valence-corrected chi connectivity index (χ0v) is 21.9. The molecule has 0 saturated carbocycles. The number of carbonyl (C=O) groups is 1. The number of anilines is 1. The molecule has 15 heteroatoms. The molecule has 0 spiro atoms. The van der Waals surface area contributed by atoms with Gasteiger partial charge < -0.3 is 4.74 Å². The van der Waals surface area contributed by atoms with Gasteiger partial charge >= 0.3 is 11.9 Å². The Morgan fingerprint density at radius 1 is 1.15 bits per heavy atom. The van der Waals surface area contributed by atoms with Crippen LogP contribution in [0.4, 0.5) is 23.2 Å². The van der Waals surface area contributed by atoms with Crippen LogP contribution in [-0.2, 0) is 28.0 Å². The molecule has 0 atom stereocenters. The molecule has 0 aliphatic rings. The van der Waals surface area contributed by atoms with Crippen LogP contribution in [-0.4, -0.2) is 36.3 Å². The van der Waals surface area contributed by atoms with Crippen molar-refractivity contribution in [1.82, 2.24) is 9.13 Å². The number of rotatable bonds is 7. The Bertz CT molecular complexity index is 1770. The van der Waals surface area contributed by atoms with Crippen LogP contribution in [0.3, 0.4) is 0 Å². The second kappa shape index (κ2) is 11.2. The fourth-order valence-corrected chi connectivity index (χ4v) is 4.63. The molecular weight excluding hydrogens is 560 g/mol. The van der Waals surface area contributed by atoms with E-state index in [4.69, 9.17) is 4.74 Å². The maximum Gasteiger partial charge on any atom is 0.431 e. The van der Waals surface area contributed by atoms with Crippen LogP contribution in [0.25, 0.3) is 11.8 Å². The van der Waals surface area contributed by atoms with E-state index >= 15 is 4.39 Å². The summed E-state index contributed by atoms with van der Waals surface area (Å²) in [4.78, 5) is 38.4. The summed E-state index contributed by atoms with van der Waals surface area (Å²) in [5.74, 6) is -2.75. The highest BCUT2D eigenvalue weighted by atomic mass is 32.2. The molecule has 40 heavy (non-hydrogen) atoms. The van der Waals surface area contributed by atoms with E-state index < -0.39 is 67.6 Å². The zero-order valence-electron chi connectivity index (χ0n) is 21.1. The van der Waals surface area contributed by atoms with Gasteiger partial charge in [0.1, 0.15) is 23.3 Å². The first-order valence-corrected chi connectivity index (χ1v) is 12.8. The van der Waals surface area contributed by atoms with E-state index in [1.807, 2.05) is 0 Å². The van der Waals surface area contributed by atoms with Crippen molar-refractivity contribution in [2.75, 3.05) is 17.2 Å². The molecule has 0 N–H and O–H groups in total. The first-order valence-electron chi connectivity index (χ1n) is 11.2. The summed E-state index contributed by atoms with van der Waals surface area (Å²) in [6.45, 7) is 1.19. The second-order valence-electron chi connectivity index (χ2n) is 8.08. The zero-order chi connectivity index (χ0) is 30.0. The van der Waals surface area contributed by atoms with Gasteiger partial charge in [0.05, 0.1) is 29.8 Å². The minimum atomic E-state index is -5.09. The number of methoxy groups -OCH3 is 1. The highest BCUT2D eigenvalue weighted by molar-refractivity contribution is 7.93. The van der Waals surface area contributed by atoms with Gasteiger partial charge in [-0.2, -0.15) is 18.4 Å². The molecule has 0 unspecified atom stereocenters. The topological polar surface area (TPSA) is 131 Å². The highest BCUT2D eigenvalue weighted by Crippen LogP contribution is 2.30. The number of benzene rings is 2. The Morgan fingerprint density at radius 2 is 1.77 bits per heavy atom. The molecule has 210 valence electrons. The standard InChI is InChI=1S/C25H20F4N4O6S/c1-4-40(37,38)33(22(34)10-7-15-5-8-17(39-3)9-6-15)19-12-20(18(26)11-16(19)14-30)32-23(35)13-21(25(27,28)29)31(2)24(32)36/h5-13H,4H2,1-3H3/b10-7+. The number of amides is 1. The van der Waals surface area contributed by atoms with E-state index in [1.165, 1.54) is 20.1 Å². The first kappa shape index (κ1) is 29.8. The summed E-state index contributed by atoms with van der Waals surface area (Å²) in [7, 11) is -2.36. The number of sulfonamides is 1.